The van der Waals surface area contributed by atoms with E-state index in [0.717, 1.165) is 4.90 Å². The van der Waals surface area contributed by atoms with Crippen molar-refractivity contribution >= 4 is 29.2 Å². The first-order valence-electron chi connectivity index (χ1n) is 11.4. The molecule has 0 aliphatic carbocycles. The second-order valence-electron chi connectivity index (χ2n) is 8.25. The Kier molecular flexibility index (Phi) is 7.57. The largest absolute Gasteiger partial charge is 0.497 e. The van der Waals surface area contributed by atoms with E-state index < -0.39 is 29.7 Å². The number of anilines is 2. The molecule has 3 aromatic rings. The molecule has 1 aliphatic rings. The van der Waals surface area contributed by atoms with E-state index in [-0.39, 0.29) is 13.0 Å². The highest BCUT2D eigenvalue weighted by molar-refractivity contribution is 6.22. The van der Waals surface area contributed by atoms with Crippen LogP contribution in [0, 0.1) is 5.82 Å². The van der Waals surface area contributed by atoms with E-state index in [4.69, 9.17) is 14.2 Å². The van der Waals surface area contributed by atoms with Gasteiger partial charge in [-0.25, -0.2) is 14.1 Å². The van der Waals surface area contributed by atoms with Crippen molar-refractivity contribution in [1.29, 1.82) is 0 Å². The van der Waals surface area contributed by atoms with E-state index in [9.17, 15) is 18.8 Å². The fraction of sp³-hybridized carbons (Fsp3) is 0.222. The number of nitrogens with zero attached hydrogens (tertiary/aromatic N) is 2. The summed E-state index contributed by atoms with van der Waals surface area (Å²) in [4.78, 5) is 42.2. The van der Waals surface area contributed by atoms with Crippen LogP contribution in [0.5, 0.6) is 17.2 Å². The molecule has 192 valence electrons. The molecule has 0 radical (unpaired) electrons. The third-order valence-electron chi connectivity index (χ3n) is 5.96. The van der Waals surface area contributed by atoms with Gasteiger partial charge in [0.05, 0.1) is 33.4 Å². The summed E-state index contributed by atoms with van der Waals surface area (Å²) in [6.07, 6.45) is -0.290. The van der Waals surface area contributed by atoms with Crippen molar-refractivity contribution in [1.82, 2.24) is 4.90 Å². The Morgan fingerprint density at radius 2 is 1.57 bits per heavy atom. The molecule has 9 nitrogen and oxygen atoms in total. The lowest BCUT2D eigenvalue weighted by molar-refractivity contribution is -0.124. The summed E-state index contributed by atoms with van der Waals surface area (Å²) in [5.74, 6) is 0.0864. The molecule has 1 heterocycles. The van der Waals surface area contributed by atoms with Crippen molar-refractivity contribution in [3.8, 4) is 17.2 Å². The Balaban J connectivity index is 1.62. The molecule has 0 aromatic heterocycles. The van der Waals surface area contributed by atoms with Gasteiger partial charge in [0.25, 0.3) is 5.91 Å². The topological polar surface area (TPSA) is 97.4 Å². The molecule has 1 aliphatic heterocycles. The first-order valence-corrected chi connectivity index (χ1v) is 11.4. The second-order valence-corrected chi connectivity index (χ2v) is 8.25. The monoisotopic (exact) mass is 507 g/mol. The molecule has 0 saturated carbocycles. The van der Waals surface area contributed by atoms with Gasteiger partial charge in [-0.15, -0.1) is 0 Å². The minimum Gasteiger partial charge on any atom is -0.497 e. The van der Waals surface area contributed by atoms with Gasteiger partial charge in [0.15, 0.2) is 11.5 Å². The van der Waals surface area contributed by atoms with Crippen LogP contribution in [0.1, 0.15) is 12.0 Å². The Labute approximate surface area is 213 Å². The average Bonchev–Trinajstić information content (AvgIpc) is 3.13. The fourth-order valence-corrected chi connectivity index (χ4v) is 4.08. The predicted octanol–water partition coefficient (Wildman–Crippen LogP) is 4.22. The van der Waals surface area contributed by atoms with Crippen molar-refractivity contribution in [2.45, 2.75) is 19.0 Å². The lowest BCUT2D eigenvalue weighted by Gasteiger charge is -2.22. The Morgan fingerprint density at radius 3 is 2.19 bits per heavy atom. The molecule has 3 aromatic carbocycles. The molecule has 1 fully saturated rings. The maximum Gasteiger partial charge on any atom is 0.332 e. The van der Waals surface area contributed by atoms with Gasteiger partial charge >= 0.3 is 6.03 Å². The van der Waals surface area contributed by atoms with Crippen LogP contribution in [0.25, 0.3) is 0 Å². The number of hydrogen-bond acceptors (Lipinski definition) is 6. The van der Waals surface area contributed by atoms with Crippen LogP contribution >= 0.6 is 0 Å². The lowest BCUT2D eigenvalue weighted by Crippen LogP contribution is -2.37. The normalized spacial score (nSPS) is 15.1. The van der Waals surface area contributed by atoms with Crippen LogP contribution < -0.4 is 24.4 Å². The quantitative estimate of drug-likeness (QED) is 0.436. The van der Waals surface area contributed by atoms with Crippen LogP contribution in [0.2, 0.25) is 0 Å². The number of hydrogen-bond donors (Lipinski definition) is 1. The molecular formula is C27H26FN3O6. The van der Waals surface area contributed by atoms with Crippen molar-refractivity contribution in [2.24, 2.45) is 0 Å². The van der Waals surface area contributed by atoms with Crippen molar-refractivity contribution in [3.63, 3.8) is 0 Å². The number of rotatable bonds is 9. The van der Waals surface area contributed by atoms with E-state index in [1.807, 2.05) is 0 Å². The maximum absolute atomic E-state index is 13.5. The van der Waals surface area contributed by atoms with Gasteiger partial charge in [0.2, 0.25) is 5.91 Å². The zero-order valence-corrected chi connectivity index (χ0v) is 20.6. The predicted molar refractivity (Wildman–Crippen MR) is 134 cm³/mol. The SMILES string of the molecule is COc1ccc(N2C(=O)[C@H](CC(=O)Nc3ccc(F)cc3)N(Cc3ccc(OC)c(OC)c3)C2=O)cc1. The number of nitrogens with one attached hydrogen (secondary N) is 1. The van der Waals surface area contributed by atoms with Crippen LogP contribution in [0.15, 0.2) is 66.7 Å². The second kappa shape index (κ2) is 11.0. The molecule has 1 saturated heterocycles. The first kappa shape index (κ1) is 25.5. The summed E-state index contributed by atoms with van der Waals surface area (Å²) in [6, 6.07) is 15.3. The summed E-state index contributed by atoms with van der Waals surface area (Å²) < 4.78 is 29.0. The van der Waals surface area contributed by atoms with Gasteiger partial charge in [-0.1, -0.05) is 6.07 Å². The molecule has 1 N–H and O–H groups in total. The summed E-state index contributed by atoms with van der Waals surface area (Å²) in [5.41, 5.74) is 1.41. The summed E-state index contributed by atoms with van der Waals surface area (Å²) in [7, 11) is 4.53. The molecule has 37 heavy (non-hydrogen) atoms. The number of carbonyl (C=O) groups excluding carboxylic acids is 3. The average molecular weight is 508 g/mol. The highest BCUT2D eigenvalue weighted by atomic mass is 19.1. The number of ether oxygens (including phenoxy) is 3. The Bertz CT molecular complexity index is 1300. The number of carbonyl (C=O) groups is 3. The van der Waals surface area contributed by atoms with Crippen molar-refractivity contribution < 1.29 is 33.0 Å². The third kappa shape index (κ3) is 5.48. The number of imide groups is 1. The summed E-state index contributed by atoms with van der Waals surface area (Å²) >= 11 is 0. The van der Waals surface area contributed by atoms with Crippen LogP contribution in [-0.2, 0) is 16.1 Å². The molecule has 1 atom stereocenters. The van der Waals surface area contributed by atoms with E-state index in [2.05, 4.69) is 5.32 Å². The lowest BCUT2D eigenvalue weighted by atomic mass is 10.1. The van der Waals surface area contributed by atoms with Gasteiger partial charge in [-0.3, -0.25) is 9.59 Å². The van der Waals surface area contributed by atoms with Gasteiger partial charge in [0, 0.05) is 12.2 Å². The highest BCUT2D eigenvalue weighted by Gasteiger charge is 2.46. The molecule has 0 bridgehead atoms. The van der Waals surface area contributed by atoms with Crippen molar-refractivity contribution in [2.75, 3.05) is 31.5 Å². The number of amides is 4. The number of benzene rings is 3. The van der Waals surface area contributed by atoms with E-state index in [1.165, 1.54) is 50.5 Å². The zero-order chi connectivity index (χ0) is 26.5. The van der Waals surface area contributed by atoms with Gasteiger partial charge in [-0.05, 0) is 66.2 Å². The maximum atomic E-state index is 13.5. The smallest absolute Gasteiger partial charge is 0.332 e. The molecule has 0 unspecified atom stereocenters. The Morgan fingerprint density at radius 1 is 0.892 bits per heavy atom. The van der Waals surface area contributed by atoms with E-state index in [1.54, 1.807) is 42.5 Å². The number of methoxy groups -OCH3 is 3. The Hall–Kier alpha value is -4.60. The van der Waals surface area contributed by atoms with E-state index in [0.29, 0.717) is 34.2 Å². The van der Waals surface area contributed by atoms with Crippen LogP contribution in [0.3, 0.4) is 0 Å². The zero-order valence-electron chi connectivity index (χ0n) is 20.6. The third-order valence-corrected chi connectivity index (χ3v) is 5.96. The summed E-state index contributed by atoms with van der Waals surface area (Å²) in [6.45, 7) is 0.0477. The van der Waals surface area contributed by atoms with E-state index >= 15 is 0 Å². The van der Waals surface area contributed by atoms with Gasteiger partial charge in [0.1, 0.15) is 17.6 Å². The molecule has 4 rings (SSSR count). The van der Waals surface area contributed by atoms with Crippen LogP contribution in [-0.4, -0.2) is 50.1 Å². The summed E-state index contributed by atoms with van der Waals surface area (Å²) in [5, 5.41) is 2.65. The van der Waals surface area contributed by atoms with Crippen LogP contribution in [0.4, 0.5) is 20.6 Å². The van der Waals surface area contributed by atoms with Crippen molar-refractivity contribution in [3.05, 3.63) is 78.1 Å². The fourth-order valence-electron chi connectivity index (χ4n) is 4.08. The number of halogens is 1. The minimum atomic E-state index is -1.07. The van der Waals surface area contributed by atoms with Gasteiger partial charge in [-0.2, -0.15) is 0 Å². The molecular weight excluding hydrogens is 481 g/mol. The highest BCUT2D eigenvalue weighted by Crippen LogP contribution is 2.32. The molecule has 4 amide bonds. The van der Waals surface area contributed by atoms with Gasteiger partial charge < -0.3 is 24.4 Å². The standard InChI is InChI=1S/C27H26FN3O6/c1-35-21-11-9-20(10-12-21)31-26(33)22(15-25(32)29-19-7-5-18(28)6-8-19)30(27(31)34)16-17-4-13-23(36-2)24(14-17)37-3/h4-14,22H,15-16H2,1-3H3,(H,29,32)/t22-/m0/s1. The minimum absolute atomic E-state index is 0.0477. The number of urea groups is 1. The first-order chi connectivity index (χ1) is 17.8. The molecule has 0 spiro atoms. The molecule has 10 heteroatoms.